The maximum atomic E-state index is 11.6. The summed E-state index contributed by atoms with van der Waals surface area (Å²) in [5, 5.41) is 0. The molecule has 0 fully saturated rings. The Bertz CT molecular complexity index is 422. The van der Waals surface area contributed by atoms with Crippen LogP contribution in [-0.4, -0.2) is 25.0 Å². The highest BCUT2D eigenvalue weighted by Crippen LogP contribution is 2.13. The standard InChI is InChI=1S/C9H11BrClNO2S/c10-9-4-8(5-12-6-9)7-15(13,14)3-1-2-11/h4-6H,1-3,7H2. The van der Waals surface area contributed by atoms with E-state index >= 15 is 0 Å². The maximum Gasteiger partial charge on any atom is 0.154 e. The fraction of sp³-hybridized carbons (Fsp3) is 0.444. The molecule has 0 spiro atoms. The summed E-state index contributed by atoms with van der Waals surface area (Å²) in [7, 11) is -3.06. The number of nitrogens with zero attached hydrogens (tertiary/aromatic N) is 1. The zero-order valence-corrected chi connectivity index (χ0v) is 11.1. The summed E-state index contributed by atoms with van der Waals surface area (Å²) in [6, 6.07) is 1.76. The highest BCUT2D eigenvalue weighted by Gasteiger charge is 2.11. The molecule has 0 saturated carbocycles. The number of hydrogen-bond acceptors (Lipinski definition) is 3. The monoisotopic (exact) mass is 311 g/mol. The van der Waals surface area contributed by atoms with E-state index < -0.39 is 9.84 Å². The Labute approximate surface area is 103 Å². The van der Waals surface area contributed by atoms with E-state index in [0.717, 1.165) is 4.47 Å². The van der Waals surface area contributed by atoms with E-state index in [4.69, 9.17) is 11.6 Å². The average molecular weight is 313 g/mol. The highest BCUT2D eigenvalue weighted by atomic mass is 79.9. The average Bonchev–Trinajstić information content (AvgIpc) is 2.14. The van der Waals surface area contributed by atoms with Crippen molar-refractivity contribution in [2.75, 3.05) is 11.6 Å². The van der Waals surface area contributed by atoms with Gasteiger partial charge >= 0.3 is 0 Å². The fourth-order valence-corrected chi connectivity index (χ4v) is 3.23. The molecular formula is C9H11BrClNO2S. The van der Waals surface area contributed by atoms with Crippen LogP contribution in [0.2, 0.25) is 0 Å². The Balaban J connectivity index is 2.69. The lowest BCUT2D eigenvalue weighted by atomic mass is 10.3. The molecule has 1 heterocycles. The quantitative estimate of drug-likeness (QED) is 0.784. The van der Waals surface area contributed by atoms with E-state index in [1.54, 1.807) is 18.5 Å². The van der Waals surface area contributed by atoms with Crippen molar-refractivity contribution in [2.24, 2.45) is 0 Å². The van der Waals surface area contributed by atoms with Gasteiger partial charge in [0.05, 0.1) is 11.5 Å². The third-order valence-corrected chi connectivity index (χ3v) is 4.12. The summed E-state index contributed by atoms with van der Waals surface area (Å²) < 4.78 is 23.9. The minimum Gasteiger partial charge on any atom is -0.263 e. The molecular weight excluding hydrogens is 302 g/mol. The van der Waals surface area contributed by atoms with E-state index in [-0.39, 0.29) is 11.5 Å². The van der Waals surface area contributed by atoms with Gasteiger partial charge in [-0.1, -0.05) is 0 Å². The molecule has 0 bridgehead atoms. The van der Waals surface area contributed by atoms with E-state index in [9.17, 15) is 8.42 Å². The van der Waals surface area contributed by atoms with Crippen LogP contribution in [0.3, 0.4) is 0 Å². The Morgan fingerprint density at radius 2 is 2.13 bits per heavy atom. The van der Waals surface area contributed by atoms with Gasteiger partial charge < -0.3 is 0 Å². The first kappa shape index (κ1) is 12.9. The van der Waals surface area contributed by atoms with Crippen molar-refractivity contribution in [1.29, 1.82) is 0 Å². The van der Waals surface area contributed by atoms with Gasteiger partial charge in [0.1, 0.15) is 0 Å². The van der Waals surface area contributed by atoms with E-state index in [0.29, 0.717) is 17.9 Å². The molecule has 0 N–H and O–H groups in total. The van der Waals surface area contributed by atoms with Crippen LogP contribution in [-0.2, 0) is 15.6 Å². The number of alkyl halides is 1. The second-order valence-electron chi connectivity index (χ2n) is 3.15. The van der Waals surface area contributed by atoms with Crippen molar-refractivity contribution >= 4 is 37.4 Å². The molecule has 3 nitrogen and oxygen atoms in total. The summed E-state index contributed by atoms with van der Waals surface area (Å²) in [5.41, 5.74) is 0.693. The molecule has 0 aliphatic rings. The van der Waals surface area contributed by atoms with Gasteiger partial charge in [-0.15, -0.1) is 11.6 Å². The largest absolute Gasteiger partial charge is 0.263 e. The molecule has 0 aliphatic carbocycles. The SMILES string of the molecule is O=S(=O)(CCCCl)Cc1cncc(Br)c1. The summed E-state index contributed by atoms with van der Waals surface area (Å²) in [6.45, 7) is 0. The van der Waals surface area contributed by atoms with E-state index in [1.807, 2.05) is 0 Å². The maximum absolute atomic E-state index is 11.6. The summed E-state index contributed by atoms with van der Waals surface area (Å²) >= 11 is 8.70. The minimum absolute atomic E-state index is 0.0241. The number of hydrogen-bond donors (Lipinski definition) is 0. The Hall–Kier alpha value is -0.130. The van der Waals surface area contributed by atoms with Crippen molar-refractivity contribution in [1.82, 2.24) is 4.98 Å². The van der Waals surface area contributed by atoms with Crippen LogP contribution in [0.4, 0.5) is 0 Å². The van der Waals surface area contributed by atoms with E-state index in [1.165, 1.54) is 0 Å². The van der Waals surface area contributed by atoms with Crippen molar-refractivity contribution in [3.8, 4) is 0 Å². The zero-order valence-electron chi connectivity index (χ0n) is 7.99. The minimum atomic E-state index is -3.06. The molecule has 84 valence electrons. The molecule has 6 heteroatoms. The van der Waals surface area contributed by atoms with Gasteiger partial charge in [0.2, 0.25) is 0 Å². The molecule has 1 aromatic rings. The molecule has 1 rings (SSSR count). The zero-order chi connectivity index (χ0) is 11.3. The van der Waals surface area contributed by atoms with Crippen LogP contribution in [0, 0.1) is 0 Å². The van der Waals surface area contributed by atoms with Crippen LogP contribution in [0.15, 0.2) is 22.9 Å². The normalized spacial score (nSPS) is 11.6. The van der Waals surface area contributed by atoms with Crippen LogP contribution in [0.25, 0.3) is 0 Å². The predicted molar refractivity (Wildman–Crippen MR) is 64.8 cm³/mol. The Kier molecular flexibility index (Phi) is 5.02. The van der Waals surface area contributed by atoms with Gasteiger partial charge in [-0.3, -0.25) is 4.98 Å². The first-order valence-corrected chi connectivity index (χ1v) is 7.54. The van der Waals surface area contributed by atoms with Gasteiger partial charge in [-0.2, -0.15) is 0 Å². The van der Waals surface area contributed by atoms with Crippen LogP contribution in [0.1, 0.15) is 12.0 Å². The molecule has 0 unspecified atom stereocenters. The molecule has 0 radical (unpaired) electrons. The third-order valence-electron chi connectivity index (χ3n) is 1.74. The van der Waals surface area contributed by atoms with Gasteiger partial charge in [0.25, 0.3) is 0 Å². The molecule has 0 saturated heterocycles. The highest BCUT2D eigenvalue weighted by molar-refractivity contribution is 9.10. The first-order chi connectivity index (χ1) is 7.03. The molecule has 0 aromatic carbocycles. The topological polar surface area (TPSA) is 47.0 Å². The number of aromatic nitrogens is 1. The number of rotatable bonds is 5. The molecule has 0 aliphatic heterocycles. The van der Waals surface area contributed by atoms with Gasteiger partial charge in [0, 0.05) is 22.7 Å². The Morgan fingerprint density at radius 1 is 1.40 bits per heavy atom. The van der Waals surface area contributed by atoms with Crippen LogP contribution >= 0.6 is 27.5 Å². The lowest BCUT2D eigenvalue weighted by molar-refractivity contribution is 0.594. The van der Waals surface area contributed by atoms with Gasteiger partial charge in [-0.05, 0) is 34.0 Å². The molecule has 0 amide bonds. The van der Waals surface area contributed by atoms with Gasteiger partial charge in [0.15, 0.2) is 9.84 Å². The van der Waals surface area contributed by atoms with Crippen molar-refractivity contribution in [2.45, 2.75) is 12.2 Å². The predicted octanol–water partition coefficient (Wildman–Crippen LogP) is 2.39. The third kappa shape index (κ3) is 4.95. The second kappa shape index (κ2) is 5.82. The number of pyridine rings is 1. The molecule has 1 aromatic heterocycles. The lowest BCUT2D eigenvalue weighted by Gasteiger charge is -2.03. The van der Waals surface area contributed by atoms with Gasteiger partial charge in [-0.25, -0.2) is 8.42 Å². The molecule has 0 atom stereocenters. The summed E-state index contributed by atoms with van der Waals surface area (Å²) in [6.07, 6.45) is 3.67. The molecule has 15 heavy (non-hydrogen) atoms. The van der Waals surface area contributed by atoms with Crippen molar-refractivity contribution in [3.05, 3.63) is 28.5 Å². The number of sulfone groups is 1. The second-order valence-corrected chi connectivity index (χ2v) is 6.62. The Morgan fingerprint density at radius 3 is 2.73 bits per heavy atom. The summed E-state index contributed by atoms with van der Waals surface area (Å²) in [5.74, 6) is 0.523. The first-order valence-electron chi connectivity index (χ1n) is 4.39. The summed E-state index contributed by atoms with van der Waals surface area (Å²) in [4.78, 5) is 3.91. The van der Waals surface area contributed by atoms with Crippen LogP contribution in [0.5, 0.6) is 0 Å². The van der Waals surface area contributed by atoms with Crippen LogP contribution < -0.4 is 0 Å². The fourth-order valence-electron chi connectivity index (χ4n) is 1.14. The smallest absolute Gasteiger partial charge is 0.154 e. The van der Waals surface area contributed by atoms with E-state index in [2.05, 4.69) is 20.9 Å². The van der Waals surface area contributed by atoms with Crippen molar-refractivity contribution < 1.29 is 8.42 Å². The lowest BCUT2D eigenvalue weighted by Crippen LogP contribution is -2.09. The number of halogens is 2. The van der Waals surface area contributed by atoms with Crippen molar-refractivity contribution in [3.63, 3.8) is 0 Å².